The zero-order valence-corrected chi connectivity index (χ0v) is 9.82. The van der Waals surface area contributed by atoms with Crippen LogP contribution in [0, 0.1) is 0 Å². The topological polar surface area (TPSA) is 0 Å². The maximum atomic E-state index is 0. The van der Waals surface area contributed by atoms with Crippen LogP contribution in [0.1, 0.15) is 2.85 Å². The SMILES string of the molecule is [Be+2].[H-].[H-].[Hf].[Ti].[Zr]. The van der Waals surface area contributed by atoms with Gasteiger partial charge in [0.05, 0.1) is 0 Å². The maximum absolute atomic E-state index is 0. The summed E-state index contributed by atoms with van der Waals surface area (Å²) in [6, 6.07) is 0. The van der Waals surface area contributed by atoms with Gasteiger partial charge in [0, 0.05) is 73.8 Å². The maximum Gasteiger partial charge on any atom is 2.00 e. The Morgan fingerprint density at radius 1 is 1.25 bits per heavy atom. The fourth-order valence-electron chi connectivity index (χ4n) is 0. The van der Waals surface area contributed by atoms with Crippen molar-refractivity contribution in [2.45, 2.75) is 0 Å². The first-order valence-corrected chi connectivity index (χ1v) is 0. The van der Waals surface area contributed by atoms with Crippen LogP contribution in [0.25, 0.3) is 0 Å². The predicted octanol–water partition coefficient (Wildman–Crippen LogP) is -0.163. The van der Waals surface area contributed by atoms with Gasteiger partial charge in [-0.05, 0) is 0 Å². The second kappa shape index (κ2) is 17.4. The first kappa shape index (κ1) is 30.3. The van der Waals surface area contributed by atoms with E-state index in [-0.39, 0.29) is 86.7 Å². The van der Waals surface area contributed by atoms with Crippen LogP contribution in [0.15, 0.2) is 0 Å². The zero-order chi connectivity index (χ0) is 0. The van der Waals surface area contributed by atoms with Crippen LogP contribution >= 0.6 is 0 Å². The predicted molar refractivity (Wildman–Crippen MR) is 7.98 cm³/mol. The monoisotopic (exact) mass is 329 g/mol. The third kappa shape index (κ3) is 8.82. The molecule has 0 nitrogen and oxygen atoms in total. The van der Waals surface area contributed by atoms with Crippen molar-refractivity contribution in [1.82, 2.24) is 0 Å². The minimum Gasteiger partial charge on any atom is -1.00 e. The summed E-state index contributed by atoms with van der Waals surface area (Å²) in [5, 5.41) is 0. The molecule has 0 aliphatic rings. The van der Waals surface area contributed by atoms with E-state index in [0.717, 1.165) is 0 Å². The molecule has 0 aromatic carbocycles. The molecule has 0 aromatic heterocycles. The standard InChI is InChI=1S/Be.Hf.Ti.Zr.2H/q+2;;;;2*-1. The first-order chi connectivity index (χ1) is 0. The average Bonchev–Trinajstić information content (AvgIpc) is 0. The average molecular weight is 329 g/mol. The van der Waals surface area contributed by atoms with Crippen LogP contribution in [-0.4, -0.2) is 10.1 Å². The van der Waals surface area contributed by atoms with Crippen molar-refractivity contribution >= 4 is 10.1 Å². The van der Waals surface area contributed by atoms with E-state index in [0.29, 0.717) is 0 Å². The van der Waals surface area contributed by atoms with Gasteiger partial charge in [0.15, 0.2) is 0 Å². The molecule has 0 aliphatic heterocycles. The van der Waals surface area contributed by atoms with Crippen LogP contribution in [-0.2, 0) is 73.8 Å². The van der Waals surface area contributed by atoms with Crippen LogP contribution in [0.2, 0.25) is 0 Å². The molecule has 0 atom stereocenters. The van der Waals surface area contributed by atoms with E-state index < -0.39 is 0 Å². The van der Waals surface area contributed by atoms with Crippen LogP contribution in [0.3, 0.4) is 0 Å². The molecular weight excluding hydrogens is 327 g/mol. The minimum absolute atomic E-state index is 0. The van der Waals surface area contributed by atoms with Crippen molar-refractivity contribution in [3.05, 3.63) is 0 Å². The smallest absolute Gasteiger partial charge is 1.00 e. The van der Waals surface area contributed by atoms with Gasteiger partial charge in [-0.15, -0.1) is 0 Å². The van der Waals surface area contributed by atoms with Crippen molar-refractivity contribution in [2.24, 2.45) is 0 Å². The van der Waals surface area contributed by atoms with E-state index in [1.807, 2.05) is 0 Å². The molecule has 0 heterocycles. The van der Waals surface area contributed by atoms with Crippen molar-refractivity contribution in [2.75, 3.05) is 0 Å². The molecule has 0 aliphatic carbocycles. The van der Waals surface area contributed by atoms with Gasteiger partial charge in [0.25, 0.3) is 0 Å². The second-order valence-electron chi connectivity index (χ2n) is 0. The largest absolute Gasteiger partial charge is 2.00 e. The van der Waals surface area contributed by atoms with E-state index in [4.69, 9.17) is 0 Å². The molecule has 0 rings (SSSR count). The summed E-state index contributed by atoms with van der Waals surface area (Å²) in [4.78, 5) is 0. The summed E-state index contributed by atoms with van der Waals surface area (Å²) < 4.78 is 0. The van der Waals surface area contributed by atoms with E-state index in [1.54, 1.807) is 0 Å². The Balaban J connectivity index is 0. The van der Waals surface area contributed by atoms with Gasteiger partial charge in [-0.3, -0.25) is 0 Å². The molecule has 0 radical (unpaired) electrons. The summed E-state index contributed by atoms with van der Waals surface area (Å²) >= 11 is 0. The number of rotatable bonds is 0. The van der Waals surface area contributed by atoms with Gasteiger partial charge in [0.1, 0.15) is 0 Å². The van der Waals surface area contributed by atoms with Crippen LogP contribution in [0.5, 0.6) is 0 Å². The Bertz CT molecular complexity index is 13.5. The van der Waals surface area contributed by atoms with E-state index in [1.165, 1.54) is 0 Å². The fourth-order valence-corrected chi connectivity index (χ4v) is 0. The minimum atomic E-state index is 0. The quantitative estimate of drug-likeness (QED) is 0.542. The Labute approximate surface area is 85.5 Å². The van der Waals surface area contributed by atoms with Crippen LogP contribution in [0.4, 0.5) is 0 Å². The molecule has 0 aromatic rings. The molecule has 0 fully saturated rings. The second-order valence-corrected chi connectivity index (χ2v) is 0. The Morgan fingerprint density at radius 2 is 1.25 bits per heavy atom. The van der Waals surface area contributed by atoms with Crippen molar-refractivity contribution < 1.29 is 76.6 Å². The zero-order valence-electron chi connectivity index (χ0n) is 4.21. The normalized spacial score (nSPS) is 0. The van der Waals surface area contributed by atoms with E-state index >= 15 is 0 Å². The van der Waals surface area contributed by atoms with E-state index in [2.05, 4.69) is 0 Å². The van der Waals surface area contributed by atoms with Crippen molar-refractivity contribution in [3.8, 4) is 0 Å². The molecule has 4 heteroatoms. The number of hydrogen-bond acceptors (Lipinski definition) is 0. The molecule has 0 spiro atoms. The van der Waals surface area contributed by atoms with Gasteiger partial charge >= 0.3 is 10.1 Å². The molecule has 4 heavy (non-hydrogen) atoms. The first-order valence-electron chi connectivity index (χ1n) is 0. The van der Waals surface area contributed by atoms with Crippen LogP contribution < -0.4 is 0 Å². The molecule has 0 N–H and O–H groups in total. The summed E-state index contributed by atoms with van der Waals surface area (Å²) in [5.74, 6) is 0. The molecule has 0 saturated carbocycles. The summed E-state index contributed by atoms with van der Waals surface area (Å²) in [6.45, 7) is 0. The fraction of sp³-hybridized carbons (Fsp3) is 0. The van der Waals surface area contributed by atoms with E-state index in [9.17, 15) is 0 Å². The Kier molecular flexibility index (Phi) is 132. The molecule has 16 valence electrons. The third-order valence-corrected chi connectivity index (χ3v) is 0. The third-order valence-electron chi connectivity index (χ3n) is 0. The van der Waals surface area contributed by atoms with Gasteiger partial charge in [-0.2, -0.15) is 0 Å². The summed E-state index contributed by atoms with van der Waals surface area (Å²) in [5.41, 5.74) is 0. The molecule has 0 bridgehead atoms. The van der Waals surface area contributed by atoms with Crippen molar-refractivity contribution in [1.29, 1.82) is 0 Å². The summed E-state index contributed by atoms with van der Waals surface area (Å²) in [7, 11) is 0. The Morgan fingerprint density at radius 3 is 1.25 bits per heavy atom. The van der Waals surface area contributed by atoms with Gasteiger partial charge < -0.3 is 2.85 Å². The van der Waals surface area contributed by atoms with Gasteiger partial charge in [-0.1, -0.05) is 0 Å². The van der Waals surface area contributed by atoms with Crippen molar-refractivity contribution in [3.63, 3.8) is 0 Å². The molecule has 0 unspecified atom stereocenters. The number of hydrogen-bond donors (Lipinski definition) is 0. The summed E-state index contributed by atoms with van der Waals surface area (Å²) in [6.07, 6.45) is 0. The Hall–Kier alpha value is 2.64. The molecular formula is H2BeHfTiZr. The molecule has 0 saturated heterocycles. The molecule has 0 amide bonds. The van der Waals surface area contributed by atoms with Gasteiger partial charge in [-0.25, -0.2) is 0 Å². The van der Waals surface area contributed by atoms with Gasteiger partial charge in [0.2, 0.25) is 0 Å².